The predicted octanol–water partition coefficient (Wildman–Crippen LogP) is 3.63. The van der Waals surface area contributed by atoms with E-state index in [1.165, 1.54) is 31.7 Å². The molecule has 1 aromatic rings. The molecule has 0 aromatic carbocycles. The predicted molar refractivity (Wildman–Crippen MR) is 79.9 cm³/mol. The second kappa shape index (κ2) is 7.02. The Labute approximate surface area is 124 Å². The van der Waals surface area contributed by atoms with Crippen LogP contribution in [-0.4, -0.2) is 15.9 Å². The van der Waals surface area contributed by atoms with Crippen LogP contribution in [0.15, 0.2) is 12.1 Å². The van der Waals surface area contributed by atoms with Crippen LogP contribution in [0.4, 0.5) is 11.5 Å². The summed E-state index contributed by atoms with van der Waals surface area (Å²) >= 11 is 0. The summed E-state index contributed by atoms with van der Waals surface area (Å²) in [5, 5.41) is 23.0. The van der Waals surface area contributed by atoms with Gasteiger partial charge in [-0.25, -0.2) is 4.98 Å². The standard InChI is InChI=1S/C15H20N4O2/c1-2-3-11-4-6-12(7-5-11)17-15-9-8-14(19(20)21)13(10-16)18-15/h8-9,11-12H,2-7H2,1H3,(H,17,18). The zero-order chi connectivity index (χ0) is 15.2. The van der Waals surface area contributed by atoms with Crippen LogP contribution in [0.2, 0.25) is 0 Å². The second-order valence-corrected chi connectivity index (χ2v) is 5.58. The van der Waals surface area contributed by atoms with Gasteiger partial charge >= 0.3 is 5.69 Å². The molecule has 1 saturated carbocycles. The SMILES string of the molecule is CCCC1CCC(Nc2ccc([N+](=O)[O-])c(C#N)n2)CC1. The fraction of sp³-hybridized carbons (Fsp3) is 0.600. The van der Waals surface area contributed by atoms with Gasteiger partial charge in [0.25, 0.3) is 0 Å². The van der Waals surface area contributed by atoms with E-state index in [4.69, 9.17) is 5.26 Å². The fourth-order valence-corrected chi connectivity index (χ4v) is 2.97. The molecule has 0 atom stereocenters. The molecular weight excluding hydrogens is 268 g/mol. The second-order valence-electron chi connectivity index (χ2n) is 5.58. The molecule has 1 fully saturated rings. The summed E-state index contributed by atoms with van der Waals surface area (Å²) in [6.45, 7) is 2.22. The number of hydrogen-bond acceptors (Lipinski definition) is 5. The smallest absolute Gasteiger partial charge is 0.305 e. The molecule has 0 radical (unpaired) electrons. The maximum Gasteiger partial charge on any atom is 0.305 e. The number of nitro groups is 1. The highest BCUT2D eigenvalue weighted by Gasteiger charge is 2.22. The number of rotatable bonds is 5. The van der Waals surface area contributed by atoms with Crippen LogP contribution in [0.1, 0.15) is 51.1 Å². The van der Waals surface area contributed by atoms with Crippen LogP contribution in [0.5, 0.6) is 0 Å². The van der Waals surface area contributed by atoms with Gasteiger partial charge in [0.15, 0.2) is 0 Å². The number of nitrogens with one attached hydrogen (secondary N) is 1. The van der Waals surface area contributed by atoms with Crippen molar-refractivity contribution in [3.8, 4) is 6.07 Å². The largest absolute Gasteiger partial charge is 0.367 e. The molecule has 0 spiro atoms. The molecule has 1 aromatic heterocycles. The first-order chi connectivity index (χ1) is 10.1. The molecule has 112 valence electrons. The number of nitrogens with zero attached hydrogens (tertiary/aromatic N) is 3. The van der Waals surface area contributed by atoms with Gasteiger partial charge in [-0.3, -0.25) is 10.1 Å². The first-order valence-electron chi connectivity index (χ1n) is 7.46. The first-order valence-corrected chi connectivity index (χ1v) is 7.46. The van der Waals surface area contributed by atoms with E-state index >= 15 is 0 Å². The Morgan fingerprint density at radius 2 is 2.14 bits per heavy atom. The summed E-state index contributed by atoms with van der Waals surface area (Å²) in [5.74, 6) is 1.38. The monoisotopic (exact) mass is 288 g/mol. The molecule has 21 heavy (non-hydrogen) atoms. The van der Waals surface area contributed by atoms with Gasteiger partial charge in [-0.05, 0) is 37.7 Å². The van der Waals surface area contributed by atoms with Crippen molar-refractivity contribution in [1.82, 2.24) is 4.98 Å². The summed E-state index contributed by atoms with van der Waals surface area (Å²) in [4.78, 5) is 14.2. The summed E-state index contributed by atoms with van der Waals surface area (Å²) < 4.78 is 0. The lowest BCUT2D eigenvalue weighted by molar-refractivity contribution is -0.385. The molecule has 1 heterocycles. The van der Waals surface area contributed by atoms with Gasteiger partial charge in [0.05, 0.1) is 4.92 Å². The minimum absolute atomic E-state index is 0.135. The van der Waals surface area contributed by atoms with Crippen LogP contribution < -0.4 is 5.32 Å². The van der Waals surface area contributed by atoms with Crippen LogP contribution in [0, 0.1) is 27.4 Å². The van der Waals surface area contributed by atoms with Gasteiger partial charge < -0.3 is 5.32 Å². The Kier molecular flexibility index (Phi) is 5.09. The molecule has 0 unspecified atom stereocenters. The third-order valence-electron chi connectivity index (χ3n) is 4.07. The van der Waals surface area contributed by atoms with Gasteiger partial charge in [0, 0.05) is 12.1 Å². The average molecular weight is 288 g/mol. The number of hydrogen-bond donors (Lipinski definition) is 1. The molecule has 1 N–H and O–H groups in total. The van der Waals surface area contributed by atoms with Crippen molar-refractivity contribution in [2.24, 2.45) is 5.92 Å². The molecular formula is C15H20N4O2. The molecule has 0 amide bonds. The van der Waals surface area contributed by atoms with Crippen molar-refractivity contribution in [2.75, 3.05) is 5.32 Å². The van der Waals surface area contributed by atoms with Gasteiger partial charge in [-0.15, -0.1) is 0 Å². The minimum Gasteiger partial charge on any atom is -0.367 e. The van der Waals surface area contributed by atoms with Gasteiger partial charge in [0.1, 0.15) is 11.9 Å². The lowest BCUT2D eigenvalue weighted by Gasteiger charge is -2.29. The lowest BCUT2D eigenvalue weighted by atomic mass is 9.83. The number of anilines is 1. The van der Waals surface area contributed by atoms with Crippen molar-refractivity contribution in [1.29, 1.82) is 5.26 Å². The summed E-state index contributed by atoms with van der Waals surface area (Å²) in [6.07, 6.45) is 7.13. The zero-order valence-corrected chi connectivity index (χ0v) is 12.2. The number of aromatic nitrogens is 1. The Morgan fingerprint density at radius 1 is 1.43 bits per heavy atom. The summed E-state index contributed by atoms with van der Waals surface area (Å²) in [5.41, 5.74) is -0.376. The third-order valence-corrected chi connectivity index (χ3v) is 4.07. The van der Waals surface area contributed by atoms with E-state index in [1.54, 1.807) is 12.1 Å². The highest BCUT2D eigenvalue weighted by molar-refractivity contribution is 5.50. The Balaban J connectivity index is 1.98. The van der Waals surface area contributed by atoms with Crippen LogP contribution in [0.3, 0.4) is 0 Å². The topological polar surface area (TPSA) is 91.9 Å². The highest BCUT2D eigenvalue weighted by atomic mass is 16.6. The average Bonchev–Trinajstić information content (AvgIpc) is 2.49. The highest BCUT2D eigenvalue weighted by Crippen LogP contribution is 2.29. The molecule has 0 bridgehead atoms. The van der Waals surface area contributed by atoms with E-state index in [0.29, 0.717) is 11.9 Å². The maximum atomic E-state index is 10.8. The molecule has 6 nitrogen and oxygen atoms in total. The van der Waals surface area contributed by atoms with E-state index in [2.05, 4.69) is 17.2 Å². The lowest BCUT2D eigenvalue weighted by Crippen LogP contribution is -2.26. The van der Waals surface area contributed by atoms with E-state index < -0.39 is 4.92 Å². The number of pyridine rings is 1. The van der Waals surface area contributed by atoms with Crippen LogP contribution in [0.25, 0.3) is 0 Å². The van der Waals surface area contributed by atoms with E-state index in [1.807, 2.05) is 0 Å². The van der Waals surface area contributed by atoms with Crippen molar-refractivity contribution >= 4 is 11.5 Å². The fourth-order valence-electron chi connectivity index (χ4n) is 2.97. The summed E-state index contributed by atoms with van der Waals surface area (Å²) in [6, 6.07) is 5.06. The molecule has 0 aliphatic heterocycles. The van der Waals surface area contributed by atoms with E-state index in [-0.39, 0.29) is 11.4 Å². The Bertz CT molecular complexity index is 545. The van der Waals surface area contributed by atoms with Gasteiger partial charge in [-0.1, -0.05) is 19.8 Å². The number of nitriles is 1. The third kappa shape index (κ3) is 3.91. The zero-order valence-electron chi connectivity index (χ0n) is 12.2. The molecule has 0 saturated heterocycles. The molecule has 6 heteroatoms. The van der Waals surface area contributed by atoms with Crippen molar-refractivity contribution in [3.63, 3.8) is 0 Å². The quantitative estimate of drug-likeness (QED) is 0.659. The molecule has 1 aliphatic carbocycles. The molecule has 2 rings (SSSR count). The first kappa shape index (κ1) is 15.2. The maximum absolute atomic E-state index is 10.8. The molecule has 1 aliphatic rings. The van der Waals surface area contributed by atoms with Crippen molar-refractivity contribution < 1.29 is 4.92 Å². The Morgan fingerprint density at radius 3 is 2.71 bits per heavy atom. The van der Waals surface area contributed by atoms with E-state index in [0.717, 1.165) is 18.8 Å². The minimum atomic E-state index is -0.578. The van der Waals surface area contributed by atoms with Crippen LogP contribution >= 0.6 is 0 Å². The van der Waals surface area contributed by atoms with Gasteiger partial charge in [-0.2, -0.15) is 5.26 Å². The van der Waals surface area contributed by atoms with Crippen molar-refractivity contribution in [2.45, 2.75) is 51.5 Å². The Hall–Kier alpha value is -2.16. The summed E-state index contributed by atoms with van der Waals surface area (Å²) in [7, 11) is 0. The van der Waals surface area contributed by atoms with Gasteiger partial charge in [0.2, 0.25) is 5.69 Å². The van der Waals surface area contributed by atoms with Crippen molar-refractivity contribution in [3.05, 3.63) is 27.9 Å². The van der Waals surface area contributed by atoms with E-state index in [9.17, 15) is 10.1 Å². The normalized spacial score (nSPS) is 21.5. The van der Waals surface area contributed by atoms with Crippen LogP contribution in [-0.2, 0) is 0 Å².